The van der Waals surface area contributed by atoms with E-state index in [1.54, 1.807) is 0 Å². The van der Waals surface area contributed by atoms with Gasteiger partial charge >= 0.3 is 0 Å². The lowest BCUT2D eigenvalue weighted by molar-refractivity contribution is 0.103. The molecule has 0 bridgehead atoms. The molecular formula is C17H33NO. The van der Waals surface area contributed by atoms with Gasteiger partial charge in [-0.2, -0.15) is 0 Å². The molecular weight excluding hydrogens is 234 g/mol. The summed E-state index contributed by atoms with van der Waals surface area (Å²) in [6.45, 7) is 9.35. The maximum Gasteiger partial charge on any atom is 0.0588 e. The molecule has 0 radical (unpaired) electrons. The van der Waals surface area contributed by atoms with Crippen molar-refractivity contribution in [1.82, 2.24) is 5.32 Å². The van der Waals surface area contributed by atoms with Crippen LogP contribution in [0.25, 0.3) is 0 Å². The smallest absolute Gasteiger partial charge is 0.0588 e. The van der Waals surface area contributed by atoms with Gasteiger partial charge in [0.15, 0.2) is 0 Å². The molecule has 2 rings (SSSR count). The van der Waals surface area contributed by atoms with E-state index in [4.69, 9.17) is 4.74 Å². The predicted octanol–water partition coefficient (Wildman–Crippen LogP) is 4.14. The van der Waals surface area contributed by atoms with Crippen LogP contribution in [-0.4, -0.2) is 25.3 Å². The summed E-state index contributed by atoms with van der Waals surface area (Å²) >= 11 is 0. The van der Waals surface area contributed by atoms with Gasteiger partial charge in [-0.3, -0.25) is 0 Å². The molecule has 2 aliphatic rings. The minimum absolute atomic E-state index is 0.493. The number of hydrogen-bond acceptors (Lipinski definition) is 2. The highest BCUT2D eigenvalue weighted by Crippen LogP contribution is 2.36. The van der Waals surface area contributed by atoms with Crippen LogP contribution in [0, 0.1) is 11.3 Å². The third kappa shape index (κ3) is 5.07. The van der Waals surface area contributed by atoms with E-state index in [1.807, 2.05) is 0 Å². The van der Waals surface area contributed by atoms with Crippen LogP contribution in [0.4, 0.5) is 0 Å². The Bertz CT molecular complexity index is 252. The van der Waals surface area contributed by atoms with Crippen molar-refractivity contribution in [2.75, 3.05) is 13.2 Å². The van der Waals surface area contributed by atoms with Crippen LogP contribution in [0.3, 0.4) is 0 Å². The highest BCUT2D eigenvalue weighted by atomic mass is 16.5. The molecule has 0 spiro atoms. The van der Waals surface area contributed by atoms with Gasteiger partial charge in [-0.25, -0.2) is 0 Å². The molecule has 0 amide bonds. The predicted molar refractivity (Wildman–Crippen MR) is 81.4 cm³/mol. The molecule has 1 N–H and O–H groups in total. The van der Waals surface area contributed by atoms with Gasteiger partial charge < -0.3 is 10.1 Å². The Balaban J connectivity index is 1.65. The fourth-order valence-electron chi connectivity index (χ4n) is 3.69. The SMILES string of the molecule is CC(C)(C)C1CCCC(NCCC2CCCO2)CC1. The lowest BCUT2D eigenvalue weighted by Gasteiger charge is -2.29. The average molecular weight is 267 g/mol. The van der Waals surface area contributed by atoms with Gasteiger partial charge in [0.2, 0.25) is 0 Å². The van der Waals surface area contributed by atoms with Crippen molar-refractivity contribution >= 4 is 0 Å². The van der Waals surface area contributed by atoms with E-state index in [2.05, 4.69) is 26.1 Å². The van der Waals surface area contributed by atoms with Gasteiger partial charge in [0.25, 0.3) is 0 Å². The monoisotopic (exact) mass is 267 g/mol. The summed E-state index contributed by atoms with van der Waals surface area (Å²) in [6.07, 6.45) is 11.3. The van der Waals surface area contributed by atoms with E-state index >= 15 is 0 Å². The Labute approximate surface area is 119 Å². The Kier molecular flexibility index (Phi) is 5.70. The van der Waals surface area contributed by atoms with Crippen molar-refractivity contribution in [3.8, 4) is 0 Å². The summed E-state index contributed by atoms with van der Waals surface area (Å²) in [6, 6.07) is 0.758. The molecule has 1 saturated heterocycles. The summed E-state index contributed by atoms with van der Waals surface area (Å²) < 4.78 is 5.69. The van der Waals surface area contributed by atoms with Crippen molar-refractivity contribution < 1.29 is 4.74 Å². The van der Waals surface area contributed by atoms with E-state index in [9.17, 15) is 0 Å². The molecule has 112 valence electrons. The van der Waals surface area contributed by atoms with Crippen molar-refractivity contribution in [1.29, 1.82) is 0 Å². The van der Waals surface area contributed by atoms with E-state index in [0.717, 1.165) is 25.1 Å². The molecule has 0 aromatic heterocycles. The lowest BCUT2D eigenvalue weighted by Crippen LogP contribution is -2.31. The first-order valence-electron chi connectivity index (χ1n) is 8.40. The molecule has 0 aromatic rings. The van der Waals surface area contributed by atoms with Crippen LogP contribution in [-0.2, 0) is 4.74 Å². The topological polar surface area (TPSA) is 21.3 Å². The summed E-state index contributed by atoms with van der Waals surface area (Å²) in [4.78, 5) is 0. The Morgan fingerprint density at radius 1 is 1.00 bits per heavy atom. The summed E-state index contributed by atoms with van der Waals surface area (Å²) in [5.41, 5.74) is 0.493. The second-order valence-corrected chi connectivity index (χ2v) is 7.65. The van der Waals surface area contributed by atoms with Crippen molar-refractivity contribution in [2.24, 2.45) is 11.3 Å². The second kappa shape index (κ2) is 7.08. The van der Waals surface area contributed by atoms with Gasteiger partial charge in [-0.05, 0) is 62.8 Å². The van der Waals surface area contributed by atoms with Crippen LogP contribution >= 0.6 is 0 Å². The third-order valence-corrected chi connectivity index (χ3v) is 5.12. The second-order valence-electron chi connectivity index (χ2n) is 7.65. The number of nitrogens with one attached hydrogen (secondary N) is 1. The first kappa shape index (κ1) is 15.3. The Morgan fingerprint density at radius 2 is 1.84 bits per heavy atom. The highest BCUT2D eigenvalue weighted by molar-refractivity contribution is 4.81. The van der Waals surface area contributed by atoms with Crippen LogP contribution in [0.15, 0.2) is 0 Å². The molecule has 1 aliphatic heterocycles. The molecule has 3 unspecified atom stereocenters. The quantitative estimate of drug-likeness (QED) is 0.773. The molecule has 19 heavy (non-hydrogen) atoms. The minimum Gasteiger partial charge on any atom is -0.378 e. The first-order chi connectivity index (χ1) is 9.05. The van der Waals surface area contributed by atoms with Crippen molar-refractivity contribution in [3.05, 3.63) is 0 Å². The lowest BCUT2D eigenvalue weighted by atomic mass is 9.76. The third-order valence-electron chi connectivity index (χ3n) is 5.12. The van der Waals surface area contributed by atoms with E-state index < -0.39 is 0 Å². The maximum absolute atomic E-state index is 5.69. The fraction of sp³-hybridized carbons (Fsp3) is 1.00. The summed E-state index contributed by atoms with van der Waals surface area (Å²) in [7, 11) is 0. The number of ether oxygens (including phenoxy) is 1. The summed E-state index contributed by atoms with van der Waals surface area (Å²) in [5.74, 6) is 0.914. The molecule has 2 fully saturated rings. The molecule has 1 heterocycles. The highest BCUT2D eigenvalue weighted by Gasteiger charge is 2.27. The molecule has 3 atom stereocenters. The molecule has 1 saturated carbocycles. The molecule has 1 aliphatic carbocycles. The standard InChI is InChI=1S/C17H33NO/c1-17(2,3)14-6-4-7-15(10-9-14)18-12-11-16-8-5-13-19-16/h14-16,18H,4-13H2,1-3H3. The maximum atomic E-state index is 5.69. The Morgan fingerprint density at radius 3 is 2.53 bits per heavy atom. The molecule has 2 nitrogen and oxygen atoms in total. The van der Waals surface area contributed by atoms with Gasteiger partial charge in [0.1, 0.15) is 0 Å². The van der Waals surface area contributed by atoms with Crippen LogP contribution in [0.2, 0.25) is 0 Å². The molecule has 2 heteroatoms. The van der Waals surface area contributed by atoms with Crippen LogP contribution in [0.5, 0.6) is 0 Å². The van der Waals surface area contributed by atoms with Crippen molar-refractivity contribution in [3.63, 3.8) is 0 Å². The zero-order chi connectivity index (χ0) is 13.7. The Hall–Kier alpha value is -0.0800. The van der Waals surface area contributed by atoms with Gasteiger partial charge in [-0.15, -0.1) is 0 Å². The molecule has 0 aromatic carbocycles. The van der Waals surface area contributed by atoms with Gasteiger partial charge in [0.05, 0.1) is 6.10 Å². The van der Waals surface area contributed by atoms with Gasteiger partial charge in [0, 0.05) is 12.6 Å². The van der Waals surface area contributed by atoms with Crippen LogP contribution in [0.1, 0.15) is 72.1 Å². The van der Waals surface area contributed by atoms with Gasteiger partial charge in [-0.1, -0.05) is 27.2 Å². The van der Waals surface area contributed by atoms with E-state index in [-0.39, 0.29) is 0 Å². The number of rotatable bonds is 4. The van der Waals surface area contributed by atoms with E-state index in [0.29, 0.717) is 11.5 Å². The minimum atomic E-state index is 0.493. The normalized spacial score (nSPS) is 33.3. The zero-order valence-corrected chi connectivity index (χ0v) is 13.2. The fourth-order valence-corrected chi connectivity index (χ4v) is 3.69. The average Bonchev–Trinajstić information content (AvgIpc) is 2.72. The van der Waals surface area contributed by atoms with Crippen molar-refractivity contribution in [2.45, 2.75) is 84.3 Å². The zero-order valence-electron chi connectivity index (χ0n) is 13.2. The van der Waals surface area contributed by atoms with E-state index in [1.165, 1.54) is 51.4 Å². The van der Waals surface area contributed by atoms with Crippen LogP contribution < -0.4 is 5.32 Å². The first-order valence-corrected chi connectivity index (χ1v) is 8.40. The largest absolute Gasteiger partial charge is 0.378 e. The summed E-state index contributed by atoms with van der Waals surface area (Å²) in [5, 5.41) is 3.78. The number of hydrogen-bond donors (Lipinski definition) is 1.